The molecule has 1 aliphatic heterocycles. The highest BCUT2D eigenvalue weighted by Gasteiger charge is 2.34. The zero-order chi connectivity index (χ0) is 25.9. The van der Waals surface area contributed by atoms with Crippen LogP contribution in [0.25, 0.3) is 10.8 Å². The van der Waals surface area contributed by atoms with Gasteiger partial charge in [0.05, 0.1) is 18.9 Å². The Hall–Kier alpha value is -3.92. The van der Waals surface area contributed by atoms with Crippen molar-refractivity contribution in [3.8, 4) is 11.5 Å². The number of nitrogens with zero attached hydrogens (tertiary/aromatic N) is 2. The molecule has 7 nitrogen and oxygen atoms in total. The first kappa shape index (κ1) is 24.8. The molecule has 0 saturated heterocycles. The van der Waals surface area contributed by atoms with Gasteiger partial charge in [-0.1, -0.05) is 48.5 Å². The number of hydrogen-bond acceptors (Lipinski definition) is 6. The Balaban J connectivity index is 1.41. The van der Waals surface area contributed by atoms with Crippen LogP contribution in [0.15, 0.2) is 90.0 Å². The van der Waals surface area contributed by atoms with Gasteiger partial charge in [-0.15, -0.1) is 0 Å². The number of carbonyl (C=O) groups is 2. The van der Waals surface area contributed by atoms with Gasteiger partial charge in [-0.2, -0.15) is 5.10 Å². The zero-order valence-electron chi connectivity index (χ0n) is 19.9. The summed E-state index contributed by atoms with van der Waals surface area (Å²) in [5.74, 6) is -0.730. The third kappa shape index (κ3) is 5.29. The standard InChI is InChI=1S/C29H23IN2O5/c1-36-23-11-8-19(9-12-23)26-16-25(21-7-6-18-4-2-3-5-20(18)14-21)31-32(26)28(34)17-37-29(35)24-15-22(30)10-13-27(24)33/h2-15,26,33H,16-17H2,1H3. The Bertz CT molecular complexity index is 1520. The van der Waals surface area contributed by atoms with Gasteiger partial charge in [0.15, 0.2) is 6.61 Å². The Labute approximate surface area is 227 Å². The fraction of sp³-hybridized carbons (Fsp3) is 0.138. The van der Waals surface area contributed by atoms with Crippen molar-refractivity contribution in [1.29, 1.82) is 0 Å². The normalized spacial score (nSPS) is 14.9. The first-order valence-electron chi connectivity index (χ1n) is 11.6. The number of amides is 1. The minimum atomic E-state index is -0.775. The van der Waals surface area contributed by atoms with Crippen LogP contribution in [0.2, 0.25) is 0 Å². The van der Waals surface area contributed by atoms with E-state index in [2.05, 4.69) is 11.2 Å². The van der Waals surface area contributed by atoms with Gasteiger partial charge in [-0.25, -0.2) is 9.80 Å². The lowest BCUT2D eigenvalue weighted by Gasteiger charge is -2.22. The fourth-order valence-electron chi connectivity index (χ4n) is 4.31. The summed E-state index contributed by atoms with van der Waals surface area (Å²) in [7, 11) is 1.60. The third-order valence-electron chi connectivity index (χ3n) is 6.25. The lowest BCUT2D eigenvalue weighted by atomic mass is 9.97. The number of carbonyl (C=O) groups excluding carboxylic acids is 2. The molecule has 5 rings (SSSR count). The number of phenols is 1. The number of aromatic hydroxyl groups is 1. The smallest absolute Gasteiger partial charge is 0.342 e. The van der Waals surface area contributed by atoms with Crippen molar-refractivity contribution < 1.29 is 24.2 Å². The minimum absolute atomic E-state index is 0.00757. The molecule has 0 saturated carbocycles. The molecule has 0 bridgehead atoms. The second kappa shape index (κ2) is 10.6. The highest BCUT2D eigenvalue weighted by atomic mass is 127. The van der Waals surface area contributed by atoms with Gasteiger partial charge in [0.25, 0.3) is 5.91 Å². The number of hydrazone groups is 1. The molecule has 1 unspecified atom stereocenters. The lowest BCUT2D eigenvalue weighted by molar-refractivity contribution is -0.136. The van der Waals surface area contributed by atoms with E-state index in [4.69, 9.17) is 9.47 Å². The van der Waals surface area contributed by atoms with Gasteiger partial charge in [-0.05, 0) is 80.9 Å². The molecule has 1 amide bonds. The summed E-state index contributed by atoms with van der Waals surface area (Å²) in [4.78, 5) is 25.8. The van der Waals surface area contributed by atoms with Gasteiger partial charge in [0, 0.05) is 9.99 Å². The maximum atomic E-state index is 13.3. The molecule has 0 aromatic heterocycles. The van der Waals surface area contributed by atoms with E-state index in [1.165, 1.54) is 17.1 Å². The van der Waals surface area contributed by atoms with Crippen LogP contribution < -0.4 is 4.74 Å². The Kier molecular flexibility index (Phi) is 7.09. The number of esters is 1. The highest BCUT2D eigenvalue weighted by Crippen LogP contribution is 2.34. The Morgan fingerprint density at radius 3 is 2.51 bits per heavy atom. The largest absolute Gasteiger partial charge is 0.507 e. The Morgan fingerprint density at radius 1 is 1.00 bits per heavy atom. The molecule has 1 aliphatic rings. The van der Waals surface area contributed by atoms with E-state index < -0.39 is 18.5 Å². The number of benzene rings is 4. The van der Waals surface area contributed by atoms with E-state index in [-0.39, 0.29) is 17.4 Å². The van der Waals surface area contributed by atoms with Crippen molar-refractivity contribution in [3.05, 3.63) is 105 Å². The summed E-state index contributed by atoms with van der Waals surface area (Å²) in [6.45, 7) is -0.509. The first-order valence-corrected chi connectivity index (χ1v) is 12.7. The molecule has 37 heavy (non-hydrogen) atoms. The predicted molar refractivity (Wildman–Crippen MR) is 149 cm³/mol. The summed E-state index contributed by atoms with van der Waals surface area (Å²) in [6, 6.07) is 25.9. The molecule has 0 spiro atoms. The van der Waals surface area contributed by atoms with Crippen LogP contribution in [-0.2, 0) is 9.53 Å². The summed E-state index contributed by atoms with van der Waals surface area (Å²) >= 11 is 2.03. The topological polar surface area (TPSA) is 88.4 Å². The molecule has 0 fully saturated rings. The number of hydrogen-bond donors (Lipinski definition) is 1. The molecule has 4 aromatic rings. The van der Waals surface area contributed by atoms with Crippen LogP contribution in [-0.4, -0.2) is 41.4 Å². The quantitative estimate of drug-likeness (QED) is 0.225. The monoisotopic (exact) mass is 606 g/mol. The van der Waals surface area contributed by atoms with Crippen LogP contribution in [0.4, 0.5) is 0 Å². The summed E-state index contributed by atoms with van der Waals surface area (Å²) in [6.07, 6.45) is 0.502. The van der Waals surface area contributed by atoms with Crippen molar-refractivity contribution in [1.82, 2.24) is 5.01 Å². The number of methoxy groups -OCH3 is 1. The van der Waals surface area contributed by atoms with E-state index in [0.29, 0.717) is 12.2 Å². The van der Waals surface area contributed by atoms with E-state index in [1.807, 2.05) is 83.3 Å². The van der Waals surface area contributed by atoms with Crippen molar-refractivity contribution in [2.24, 2.45) is 5.10 Å². The summed E-state index contributed by atoms with van der Waals surface area (Å²) in [5, 5.41) is 18.3. The van der Waals surface area contributed by atoms with Gasteiger partial charge in [0.2, 0.25) is 0 Å². The van der Waals surface area contributed by atoms with E-state index >= 15 is 0 Å². The van der Waals surface area contributed by atoms with Crippen molar-refractivity contribution in [2.75, 3.05) is 13.7 Å². The maximum Gasteiger partial charge on any atom is 0.342 e. The van der Waals surface area contributed by atoms with Crippen LogP contribution in [0.1, 0.15) is 33.9 Å². The van der Waals surface area contributed by atoms with Gasteiger partial charge in [0.1, 0.15) is 17.1 Å². The predicted octanol–water partition coefficient (Wildman–Crippen LogP) is 5.69. The van der Waals surface area contributed by atoms with Crippen molar-refractivity contribution >= 4 is 51.0 Å². The number of halogens is 1. The third-order valence-corrected chi connectivity index (χ3v) is 6.93. The summed E-state index contributed by atoms with van der Waals surface area (Å²) < 4.78 is 11.3. The second-order valence-electron chi connectivity index (χ2n) is 8.58. The molecule has 4 aromatic carbocycles. The average molecular weight is 606 g/mol. The van der Waals surface area contributed by atoms with Crippen LogP contribution in [0.5, 0.6) is 11.5 Å². The molecule has 1 heterocycles. The molecule has 186 valence electrons. The molecular formula is C29H23IN2O5. The molecule has 8 heteroatoms. The highest BCUT2D eigenvalue weighted by molar-refractivity contribution is 14.1. The first-order chi connectivity index (χ1) is 17.9. The lowest BCUT2D eigenvalue weighted by Crippen LogP contribution is -2.31. The van der Waals surface area contributed by atoms with Gasteiger partial charge in [-0.3, -0.25) is 4.79 Å². The van der Waals surface area contributed by atoms with Crippen molar-refractivity contribution in [2.45, 2.75) is 12.5 Å². The fourth-order valence-corrected chi connectivity index (χ4v) is 4.80. The van der Waals surface area contributed by atoms with Crippen molar-refractivity contribution in [3.63, 3.8) is 0 Å². The SMILES string of the molecule is COc1ccc(C2CC(c3ccc4ccccc4c3)=NN2C(=O)COC(=O)c2cc(I)ccc2O)cc1. The van der Waals surface area contributed by atoms with E-state index in [1.54, 1.807) is 13.2 Å². The molecule has 1 N–H and O–H groups in total. The molecular weight excluding hydrogens is 583 g/mol. The second-order valence-corrected chi connectivity index (χ2v) is 9.82. The van der Waals surface area contributed by atoms with Crippen LogP contribution in [0.3, 0.4) is 0 Å². The van der Waals surface area contributed by atoms with Gasteiger partial charge < -0.3 is 14.6 Å². The summed E-state index contributed by atoms with van der Waals surface area (Å²) in [5.41, 5.74) is 2.58. The molecule has 0 radical (unpaired) electrons. The average Bonchev–Trinajstić information content (AvgIpc) is 3.38. The number of fused-ring (bicyclic) bond motifs is 1. The minimum Gasteiger partial charge on any atom is -0.507 e. The van der Waals surface area contributed by atoms with Gasteiger partial charge >= 0.3 is 5.97 Å². The van der Waals surface area contributed by atoms with Crippen LogP contribution >= 0.6 is 22.6 Å². The van der Waals surface area contributed by atoms with E-state index in [0.717, 1.165) is 31.2 Å². The number of phenolic OH excluding ortho intramolecular Hbond substituents is 1. The zero-order valence-corrected chi connectivity index (χ0v) is 22.1. The van der Waals surface area contributed by atoms with Crippen LogP contribution in [0, 0.1) is 3.57 Å². The number of rotatable bonds is 6. The Morgan fingerprint density at radius 2 is 1.76 bits per heavy atom. The van der Waals surface area contributed by atoms with E-state index in [9.17, 15) is 14.7 Å². The molecule has 0 aliphatic carbocycles. The number of ether oxygens (including phenoxy) is 2. The molecule has 1 atom stereocenters. The maximum absolute atomic E-state index is 13.3.